The minimum absolute atomic E-state index is 0. The Hall–Kier alpha value is -2.65. The molecule has 0 amide bonds. The second-order valence-electron chi connectivity index (χ2n) is 4.44. The Labute approximate surface area is 149 Å². The number of nitrogens with one attached hydrogen (secondary N) is 1. The lowest BCUT2D eigenvalue weighted by Gasteiger charge is -2.02. The molecule has 0 saturated heterocycles. The van der Waals surface area contributed by atoms with Crippen LogP contribution >= 0.6 is 28.3 Å². The first-order valence-corrected chi connectivity index (χ1v) is 7.12. The minimum atomic E-state index is -1.43. The van der Waals surface area contributed by atoms with Crippen LogP contribution in [0.15, 0.2) is 52.3 Å². The van der Waals surface area contributed by atoms with Crippen LogP contribution in [0.1, 0.15) is 0 Å². The summed E-state index contributed by atoms with van der Waals surface area (Å²) in [5.74, 6) is 0.374. The summed E-state index contributed by atoms with van der Waals surface area (Å²) in [6.45, 7) is 0. The average Bonchev–Trinajstić information content (AvgIpc) is 2.89. The van der Waals surface area contributed by atoms with Crippen LogP contribution in [0, 0.1) is 0 Å². The molecule has 0 aliphatic heterocycles. The van der Waals surface area contributed by atoms with Gasteiger partial charge >= 0.3 is 6.16 Å². The Morgan fingerprint density at radius 2 is 2.08 bits per heavy atom. The molecule has 10 heteroatoms. The fourth-order valence-corrected chi connectivity index (χ4v) is 2.34. The van der Waals surface area contributed by atoms with Gasteiger partial charge in [-0.05, 0) is 34.1 Å². The molecule has 0 unspecified atom stereocenters. The molecule has 0 saturated carbocycles. The molecule has 3 heterocycles. The van der Waals surface area contributed by atoms with Crippen molar-refractivity contribution in [2.75, 3.05) is 0 Å². The van der Waals surface area contributed by atoms with Crippen LogP contribution in [0.2, 0.25) is 0 Å². The van der Waals surface area contributed by atoms with Crippen molar-refractivity contribution in [3.05, 3.63) is 57.8 Å². The quantitative estimate of drug-likeness (QED) is 0.639. The highest BCUT2D eigenvalue weighted by molar-refractivity contribution is 9.10. The van der Waals surface area contributed by atoms with Crippen molar-refractivity contribution in [3.8, 4) is 22.7 Å². The largest absolute Gasteiger partial charge is 0.511 e. The van der Waals surface area contributed by atoms with Crippen LogP contribution < -0.4 is 10.3 Å². The first-order valence-electron chi connectivity index (χ1n) is 6.33. The molecule has 0 spiro atoms. The van der Waals surface area contributed by atoms with Crippen LogP contribution in [0.4, 0.5) is 4.79 Å². The average molecular weight is 414 g/mol. The van der Waals surface area contributed by atoms with Gasteiger partial charge in [0.25, 0.3) is 5.56 Å². The number of aromatic nitrogens is 4. The fraction of sp³-hybridized carbons (Fsp3) is 0. The van der Waals surface area contributed by atoms with Crippen molar-refractivity contribution >= 4 is 34.5 Å². The van der Waals surface area contributed by atoms with Crippen molar-refractivity contribution in [1.29, 1.82) is 0 Å². The van der Waals surface area contributed by atoms with Crippen molar-refractivity contribution in [3.63, 3.8) is 0 Å². The third-order valence-corrected chi connectivity index (χ3v) is 3.38. The lowest BCUT2D eigenvalue weighted by atomic mass is 10.2. The summed E-state index contributed by atoms with van der Waals surface area (Å²) < 4.78 is 6.46. The number of carbonyl (C=O) groups is 1. The third-order valence-electron chi connectivity index (χ3n) is 2.94. The smallest absolute Gasteiger partial charge is 0.449 e. The summed E-state index contributed by atoms with van der Waals surface area (Å²) in [4.78, 5) is 30.9. The number of ether oxygens (including phenoxy) is 1. The molecule has 2 N–H and O–H groups in total. The topological polar surface area (TPSA) is 110 Å². The summed E-state index contributed by atoms with van der Waals surface area (Å²) in [6.07, 6.45) is 4.54. The van der Waals surface area contributed by atoms with Gasteiger partial charge in [-0.25, -0.2) is 14.5 Å². The number of halogens is 2. The lowest BCUT2D eigenvalue weighted by Crippen LogP contribution is -2.17. The maximum absolute atomic E-state index is 12.5. The number of hydrogen-bond acceptors (Lipinski definition) is 5. The Bertz CT molecular complexity index is 923. The van der Waals surface area contributed by atoms with Crippen molar-refractivity contribution < 1.29 is 14.6 Å². The van der Waals surface area contributed by atoms with E-state index in [-0.39, 0.29) is 23.7 Å². The molecule has 0 aromatic carbocycles. The van der Waals surface area contributed by atoms with Gasteiger partial charge in [-0.1, -0.05) is 0 Å². The van der Waals surface area contributed by atoms with E-state index in [0.717, 1.165) is 4.47 Å². The highest BCUT2D eigenvalue weighted by Gasteiger charge is 2.12. The van der Waals surface area contributed by atoms with Gasteiger partial charge in [-0.2, -0.15) is 0 Å². The first kappa shape index (κ1) is 17.7. The summed E-state index contributed by atoms with van der Waals surface area (Å²) in [7, 11) is 0. The monoisotopic (exact) mass is 412 g/mol. The third kappa shape index (κ3) is 3.63. The van der Waals surface area contributed by atoms with E-state index in [9.17, 15) is 9.59 Å². The number of pyridine rings is 2. The van der Waals surface area contributed by atoms with E-state index >= 15 is 0 Å². The van der Waals surface area contributed by atoms with Crippen molar-refractivity contribution in [2.24, 2.45) is 0 Å². The van der Waals surface area contributed by atoms with Crippen LogP contribution in [0.3, 0.4) is 0 Å². The fourth-order valence-electron chi connectivity index (χ4n) is 1.97. The zero-order valence-electron chi connectivity index (χ0n) is 11.8. The zero-order chi connectivity index (χ0) is 16.4. The Morgan fingerprint density at radius 3 is 2.71 bits per heavy atom. The van der Waals surface area contributed by atoms with Crippen molar-refractivity contribution in [2.45, 2.75) is 0 Å². The predicted molar refractivity (Wildman–Crippen MR) is 91.0 cm³/mol. The molecule has 0 bridgehead atoms. The van der Waals surface area contributed by atoms with Gasteiger partial charge in [0.15, 0.2) is 11.6 Å². The predicted octanol–water partition coefficient (Wildman–Crippen LogP) is 2.86. The van der Waals surface area contributed by atoms with E-state index in [4.69, 9.17) is 5.11 Å². The molecule has 0 aliphatic rings. The highest BCUT2D eigenvalue weighted by Crippen LogP contribution is 2.19. The van der Waals surface area contributed by atoms with Gasteiger partial charge in [0.1, 0.15) is 0 Å². The molecular weight excluding hydrogens is 404 g/mol. The van der Waals surface area contributed by atoms with Gasteiger partial charge in [-0.3, -0.25) is 14.9 Å². The molecule has 3 rings (SSSR count). The number of carboxylic acid groups (broad SMARTS) is 1. The van der Waals surface area contributed by atoms with Gasteiger partial charge < -0.3 is 9.84 Å². The minimum Gasteiger partial charge on any atom is -0.449 e. The molecule has 3 aromatic heterocycles. The van der Waals surface area contributed by atoms with E-state index < -0.39 is 6.16 Å². The van der Waals surface area contributed by atoms with E-state index in [0.29, 0.717) is 16.9 Å². The summed E-state index contributed by atoms with van der Waals surface area (Å²) in [6, 6.07) is 4.66. The Balaban J connectivity index is 0.00000208. The Kier molecular flexibility index (Phi) is 5.37. The maximum atomic E-state index is 12.5. The van der Waals surface area contributed by atoms with Gasteiger partial charge in [-0.15, -0.1) is 12.4 Å². The van der Waals surface area contributed by atoms with Crippen LogP contribution in [0.5, 0.6) is 5.75 Å². The second-order valence-corrected chi connectivity index (χ2v) is 5.36. The molecule has 0 atom stereocenters. The SMILES string of the molecule is Cl.O=C(O)Oc1ccc(-n2[nH]cc(-c3cncc(Br)c3)c2=O)nc1. The van der Waals surface area contributed by atoms with E-state index in [2.05, 4.69) is 35.7 Å². The van der Waals surface area contributed by atoms with Crippen LogP contribution in [-0.4, -0.2) is 31.0 Å². The normalized spacial score (nSPS) is 10.0. The molecular formula is C14H10BrClN4O4. The van der Waals surface area contributed by atoms with E-state index in [1.807, 2.05) is 0 Å². The molecule has 0 aliphatic carbocycles. The zero-order valence-corrected chi connectivity index (χ0v) is 14.2. The molecule has 8 nitrogen and oxygen atoms in total. The summed E-state index contributed by atoms with van der Waals surface area (Å²) >= 11 is 3.31. The first-order chi connectivity index (χ1) is 11.0. The standard InChI is InChI=1S/C14H9BrN4O4.ClH/c15-9-3-8(4-16-5-9)11-7-18-19(13(11)20)12-2-1-10(6-17-12)23-14(21)22;/h1-7,18H,(H,21,22);1H. The second kappa shape index (κ2) is 7.28. The number of rotatable bonds is 3. The molecule has 0 radical (unpaired) electrons. The summed E-state index contributed by atoms with van der Waals surface area (Å²) in [5.41, 5.74) is 0.793. The molecule has 124 valence electrons. The van der Waals surface area contributed by atoms with Crippen LogP contribution in [-0.2, 0) is 0 Å². The maximum Gasteiger partial charge on any atom is 0.511 e. The lowest BCUT2D eigenvalue weighted by molar-refractivity contribution is 0.144. The van der Waals surface area contributed by atoms with Crippen molar-refractivity contribution in [1.82, 2.24) is 19.7 Å². The number of hydrogen-bond donors (Lipinski definition) is 2. The molecule has 0 fully saturated rings. The summed E-state index contributed by atoms with van der Waals surface area (Å²) in [5, 5.41) is 11.3. The number of H-pyrrole nitrogens is 1. The highest BCUT2D eigenvalue weighted by atomic mass is 79.9. The van der Waals surface area contributed by atoms with Crippen LogP contribution in [0.25, 0.3) is 16.9 Å². The van der Waals surface area contributed by atoms with Gasteiger partial charge in [0.2, 0.25) is 0 Å². The van der Waals surface area contributed by atoms with E-state index in [1.54, 1.807) is 24.7 Å². The van der Waals surface area contributed by atoms with E-state index in [1.165, 1.54) is 23.0 Å². The molecule has 3 aromatic rings. The Morgan fingerprint density at radius 1 is 1.29 bits per heavy atom. The number of aromatic amines is 1. The molecule has 24 heavy (non-hydrogen) atoms. The van der Waals surface area contributed by atoms with Gasteiger partial charge in [0, 0.05) is 28.6 Å². The number of nitrogens with zero attached hydrogens (tertiary/aromatic N) is 3. The van der Waals surface area contributed by atoms with Gasteiger partial charge in [0.05, 0.1) is 11.8 Å².